The first-order valence-electron chi connectivity index (χ1n) is 3.00. The second-order valence-electron chi connectivity index (χ2n) is 2.12. The van der Waals surface area contributed by atoms with E-state index >= 15 is 0 Å². The summed E-state index contributed by atoms with van der Waals surface area (Å²) in [7, 11) is 0. The van der Waals surface area contributed by atoms with Gasteiger partial charge in [-0.3, -0.25) is 0 Å². The van der Waals surface area contributed by atoms with Gasteiger partial charge in [0.2, 0.25) is 0 Å². The van der Waals surface area contributed by atoms with Crippen molar-refractivity contribution in [2.75, 3.05) is 0 Å². The van der Waals surface area contributed by atoms with Crippen LogP contribution in [0.5, 0.6) is 0 Å². The van der Waals surface area contributed by atoms with Crippen LogP contribution in [0.2, 0.25) is 0 Å². The lowest BCUT2D eigenvalue weighted by molar-refractivity contribution is 0.504. The molecule has 0 nitrogen and oxygen atoms in total. The van der Waals surface area contributed by atoms with Gasteiger partial charge >= 0.3 is 0 Å². The van der Waals surface area contributed by atoms with Crippen molar-refractivity contribution in [1.29, 1.82) is 0 Å². The Bertz CT molecular complexity index is 28.5. The molecule has 68 valence electrons. The van der Waals surface area contributed by atoms with Crippen molar-refractivity contribution in [1.82, 2.24) is 0 Å². The number of hydrogen-bond donors (Lipinski definition) is 0. The summed E-state index contributed by atoms with van der Waals surface area (Å²) < 4.78 is 0. The zero-order chi connectivity index (χ0) is 4.24. The van der Waals surface area contributed by atoms with Crippen LogP contribution in [0.25, 0.3) is 0 Å². The minimum absolute atomic E-state index is 0. The molecule has 1 atom stereocenters. The maximum Gasteiger partial charge on any atom is -0.0533 e. The maximum atomic E-state index is 1.50. The van der Waals surface area contributed by atoms with Crippen LogP contribution >= 0.6 is 60.8 Å². The Hall–Kier alpha value is 1.87. The molecule has 10 heavy (non-hydrogen) atoms. The summed E-state index contributed by atoms with van der Waals surface area (Å²) in [6.07, 6.45) is 9.00. The van der Waals surface area contributed by atoms with E-state index in [-0.39, 0.29) is 60.8 Å². The van der Waals surface area contributed by atoms with Gasteiger partial charge in [0.15, 0.2) is 0 Å². The molecule has 0 aromatic heterocycles. The smallest absolute Gasteiger partial charge is 0.0533 e. The molecule has 0 radical (unpaired) electrons. The molecule has 0 bridgehead atoms. The molecule has 1 aliphatic rings. The predicted octanol–water partition coefficient (Wildman–Crippen LogP) is 4.13. The normalized spacial score (nSPS) is 14.4. The summed E-state index contributed by atoms with van der Waals surface area (Å²) >= 11 is 0. The number of halogens is 3. The van der Waals surface area contributed by atoms with Crippen LogP contribution in [0, 0.1) is 0 Å². The monoisotopic (exact) mass is 358 g/mol. The molecule has 1 rings (SSSR count). The first kappa shape index (κ1) is 22.6. The Kier molecular flexibility index (Phi) is 38.7. The van der Waals surface area contributed by atoms with Crippen molar-refractivity contribution in [3.05, 3.63) is 0 Å². The van der Waals surface area contributed by atoms with Gasteiger partial charge in [0.25, 0.3) is 0 Å². The Morgan fingerprint density at radius 3 is 0.600 bits per heavy atom. The van der Waals surface area contributed by atoms with Crippen LogP contribution < -0.4 is 0 Å². The molecule has 0 saturated heterocycles. The molecule has 0 N–H and O–H groups in total. The molecule has 1 fully saturated rings. The summed E-state index contributed by atoms with van der Waals surface area (Å²) in [4.78, 5) is 0. The van der Waals surface area contributed by atoms with E-state index in [0.29, 0.717) is 0 Å². The highest BCUT2D eigenvalue weighted by molar-refractivity contribution is 8.93. The van der Waals surface area contributed by atoms with E-state index in [2.05, 4.69) is 0 Å². The average Bonchev–Trinajstić information content (AvgIpc) is 1.72. The standard InChI is InChI=1S/C6H12.3BrH.H3P/c1-2-4-6-5-3-1;;;;/h1-6H2;3*1H;1H3. The predicted molar refractivity (Wildman–Crippen MR) is 69.8 cm³/mol. The van der Waals surface area contributed by atoms with Gasteiger partial charge in [-0.2, -0.15) is 9.90 Å². The highest BCUT2D eigenvalue weighted by Crippen LogP contribution is 2.15. The molecule has 0 amide bonds. The first-order chi connectivity index (χ1) is 3.00. The lowest BCUT2D eigenvalue weighted by atomic mass is 10.0. The zero-order valence-corrected chi connectivity index (χ0v) is 12.7. The summed E-state index contributed by atoms with van der Waals surface area (Å²) in [6, 6.07) is 0. The van der Waals surface area contributed by atoms with E-state index in [4.69, 9.17) is 0 Å². The molecule has 4 heteroatoms. The van der Waals surface area contributed by atoms with Crippen LogP contribution in [0.15, 0.2) is 0 Å². The fourth-order valence-corrected chi connectivity index (χ4v) is 1.06. The topological polar surface area (TPSA) is 0 Å². The largest absolute Gasteiger partial charge is 0.153 e. The van der Waals surface area contributed by atoms with Crippen molar-refractivity contribution in [3.8, 4) is 0 Å². The first-order valence-corrected chi connectivity index (χ1v) is 3.00. The summed E-state index contributed by atoms with van der Waals surface area (Å²) in [5.41, 5.74) is 0. The van der Waals surface area contributed by atoms with Gasteiger partial charge in [0.1, 0.15) is 0 Å². The molecule has 0 aromatic carbocycles. The van der Waals surface area contributed by atoms with Gasteiger partial charge in [-0.1, -0.05) is 38.5 Å². The SMILES string of the molecule is Br.Br.Br.C1CCCCC1.P. The minimum Gasteiger partial charge on any atom is -0.153 e. The molecule has 1 saturated carbocycles. The van der Waals surface area contributed by atoms with Gasteiger partial charge in [0, 0.05) is 0 Å². The van der Waals surface area contributed by atoms with E-state index in [0.717, 1.165) is 0 Å². The van der Waals surface area contributed by atoms with Crippen molar-refractivity contribution in [2.45, 2.75) is 38.5 Å². The zero-order valence-electron chi connectivity index (χ0n) is 6.17. The fraction of sp³-hybridized carbons (Fsp3) is 1.00. The van der Waals surface area contributed by atoms with Gasteiger partial charge in [-0.25, -0.2) is 0 Å². The Morgan fingerprint density at radius 1 is 0.400 bits per heavy atom. The average molecular weight is 361 g/mol. The van der Waals surface area contributed by atoms with E-state index in [1.165, 1.54) is 38.5 Å². The summed E-state index contributed by atoms with van der Waals surface area (Å²) in [6.45, 7) is 0. The molecule has 1 aliphatic carbocycles. The lowest BCUT2D eigenvalue weighted by Gasteiger charge is -2.05. The quantitative estimate of drug-likeness (QED) is 0.570. The third kappa shape index (κ3) is 12.5. The summed E-state index contributed by atoms with van der Waals surface area (Å²) in [5, 5.41) is 0. The molecule has 0 aromatic rings. The van der Waals surface area contributed by atoms with E-state index < -0.39 is 0 Å². The second-order valence-corrected chi connectivity index (χ2v) is 2.12. The third-order valence-electron chi connectivity index (χ3n) is 1.50. The van der Waals surface area contributed by atoms with E-state index in [1.807, 2.05) is 0 Å². The fourth-order valence-electron chi connectivity index (χ4n) is 1.06. The van der Waals surface area contributed by atoms with Gasteiger partial charge in [-0.05, 0) is 0 Å². The molecular formula is C6H18Br3P. The molecule has 0 aliphatic heterocycles. The van der Waals surface area contributed by atoms with E-state index in [9.17, 15) is 0 Å². The second kappa shape index (κ2) is 17.1. The van der Waals surface area contributed by atoms with Crippen LogP contribution in [-0.4, -0.2) is 0 Å². The number of hydrogen-bond acceptors (Lipinski definition) is 0. The van der Waals surface area contributed by atoms with Crippen molar-refractivity contribution < 1.29 is 0 Å². The highest BCUT2D eigenvalue weighted by Gasteiger charge is 1.95. The Labute approximate surface area is 98.8 Å². The molecule has 0 spiro atoms. The number of rotatable bonds is 0. The molecule has 0 heterocycles. The highest BCUT2D eigenvalue weighted by atomic mass is 79.9. The van der Waals surface area contributed by atoms with Gasteiger partial charge in [0.05, 0.1) is 0 Å². The van der Waals surface area contributed by atoms with E-state index in [1.54, 1.807) is 0 Å². The Balaban J connectivity index is -0.0000000450. The minimum atomic E-state index is 0. The Morgan fingerprint density at radius 2 is 0.500 bits per heavy atom. The summed E-state index contributed by atoms with van der Waals surface area (Å²) in [5.74, 6) is 0. The van der Waals surface area contributed by atoms with Crippen LogP contribution in [0.3, 0.4) is 0 Å². The van der Waals surface area contributed by atoms with Crippen molar-refractivity contribution >= 4 is 60.8 Å². The lowest BCUT2D eigenvalue weighted by Crippen LogP contribution is -1.85. The van der Waals surface area contributed by atoms with Crippen LogP contribution in [-0.2, 0) is 0 Å². The van der Waals surface area contributed by atoms with Crippen molar-refractivity contribution in [2.24, 2.45) is 0 Å². The van der Waals surface area contributed by atoms with Gasteiger partial charge < -0.3 is 0 Å². The van der Waals surface area contributed by atoms with Crippen molar-refractivity contribution in [3.63, 3.8) is 0 Å². The van der Waals surface area contributed by atoms with Crippen LogP contribution in [0.1, 0.15) is 38.5 Å². The third-order valence-corrected chi connectivity index (χ3v) is 1.50. The van der Waals surface area contributed by atoms with Crippen LogP contribution in [0.4, 0.5) is 0 Å². The maximum absolute atomic E-state index is 1.50. The molecular weight excluding hydrogens is 343 g/mol. The van der Waals surface area contributed by atoms with Gasteiger partial charge in [-0.15, -0.1) is 50.9 Å². The molecule has 1 unspecified atom stereocenters.